The molecule has 0 saturated carbocycles. The second-order valence-electron chi connectivity index (χ2n) is 6.71. The molecule has 1 aliphatic rings. The zero-order chi connectivity index (χ0) is 20.6. The van der Waals surface area contributed by atoms with Crippen molar-refractivity contribution in [2.24, 2.45) is 0 Å². The molecule has 0 unspecified atom stereocenters. The van der Waals surface area contributed by atoms with Gasteiger partial charge in [0.25, 0.3) is 5.91 Å². The lowest BCUT2D eigenvalue weighted by Crippen LogP contribution is -2.40. The number of ether oxygens (including phenoxy) is 1. The summed E-state index contributed by atoms with van der Waals surface area (Å²) in [7, 11) is -3.69. The summed E-state index contributed by atoms with van der Waals surface area (Å²) in [4.78, 5) is 13.1. The van der Waals surface area contributed by atoms with Crippen molar-refractivity contribution in [2.45, 2.75) is 11.8 Å². The summed E-state index contributed by atoms with van der Waals surface area (Å²) in [6, 6.07) is 11.0. The Bertz CT molecular complexity index is 1180. The van der Waals surface area contributed by atoms with Crippen molar-refractivity contribution >= 4 is 43.0 Å². The fraction of sp³-hybridized carbons (Fsp3) is 0.250. The summed E-state index contributed by atoms with van der Waals surface area (Å²) < 4.78 is 47.2. The number of rotatable bonds is 4. The Morgan fingerprint density at radius 3 is 2.66 bits per heavy atom. The normalized spacial score (nSPS) is 15.5. The Morgan fingerprint density at radius 2 is 1.93 bits per heavy atom. The van der Waals surface area contributed by atoms with Crippen LogP contribution in [0.25, 0.3) is 10.1 Å². The van der Waals surface area contributed by atoms with Gasteiger partial charge in [-0.1, -0.05) is 12.1 Å². The van der Waals surface area contributed by atoms with Gasteiger partial charge in [0.15, 0.2) is 0 Å². The molecule has 0 spiro atoms. The number of anilines is 1. The molecule has 2 aromatic carbocycles. The van der Waals surface area contributed by atoms with E-state index in [1.54, 1.807) is 31.2 Å². The lowest BCUT2D eigenvalue weighted by Gasteiger charge is -2.26. The summed E-state index contributed by atoms with van der Waals surface area (Å²) in [5, 5.41) is 3.11. The number of nitrogens with one attached hydrogen (secondary N) is 1. The van der Waals surface area contributed by atoms with Crippen molar-refractivity contribution in [2.75, 3.05) is 31.6 Å². The number of nitrogens with zero attached hydrogens (tertiary/aromatic N) is 1. The summed E-state index contributed by atoms with van der Waals surface area (Å²) >= 11 is 1.18. The molecule has 6 nitrogen and oxygen atoms in total. The molecule has 2 heterocycles. The number of halogens is 1. The maximum atomic E-state index is 13.9. The first kappa shape index (κ1) is 20.0. The van der Waals surface area contributed by atoms with Crippen molar-refractivity contribution in [3.63, 3.8) is 0 Å². The van der Waals surface area contributed by atoms with E-state index in [2.05, 4.69) is 5.32 Å². The van der Waals surface area contributed by atoms with E-state index in [0.717, 1.165) is 0 Å². The highest BCUT2D eigenvalue weighted by Gasteiger charge is 2.28. The van der Waals surface area contributed by atoms with Gasteiger partial charge in [-0.05, 0) is 42.8 Å². The van der Waals surface area contributed by atoms with Crippen molar-refractivity contribution in [3.05, 3.63) is 58.7 Å². The van der Waals surface area contributed by atoms with E-state index in [4.69, 9.17) is 4.74 Å². The first-order valence-corrected chi connectivity index (χ1v) is 11.3. The first-order chi connectivity index (χ1) is 13.9. The van der Waals surface area contributed by atoms with E-state index < -0.39 is 15.9 Å². The van der Waals surface area contributed by atoms with E-state index in [1.165, 1.54) is 33.8 Å². The third-order valence-corrected chi connectivity index (χ3v) is 7.91. The minimum atomic E-state index is -3.69. The zero-order valence-corrected chi connectivity index (χ0v) is 17.3. The van der Waals surface area contributed by atoms with E-state index in [9.17, 15) is 17.6 Å². The van der Waals surface area contributed by atoms with Crippen LogP contribution in [-0.2, 0) is 14.8 Å². The summed E-state index contributed by atoms with van der Waals surface area (Å²) in [5.41, 5.74) is 0.962. The number of sulfonamides is 1. The largest absolute Gasteiger partial charge is 0.379 e. The monoisotopic (exact) mass is 434 g/mol. The predicted molar refractivity (Wildman–Crippen MR) is 110 cm³/mol. The van der Waals surface area contributed by atoms with E-state index in [-0.39, 0.29) is 10.7 Å². The molecule has 3 aromatic rings. The topological polar surface area (TPSA) is 75.7 Å². The van der Waals surface area contributed by atoms with Crippen LogP contribution in [0.5, 0.6) is 0 Å². The molecule has 0 aliphatic carbocycles. The van der Waals surface area contributed by atoms with Gasteiger partial charge in [0.1, 0.15) is 5.82 Å². The van der Waals surface area contributed by atoms with Gasteiger partial charge in [0.05, 0.1) is 23.0 Å². The highest BCUT2D eigenvalue weighted by atomic mass is 32.2. The molecule has 0 atom stereocenters. The second kappa shape index (κ2) is 7.83. The number of aryl methyl sites for hydroxylation is 1. The molecule has 4 rings (SSSR count). The molecule has 152 valence electrons. The quantitative estimate of drug-likeness (QED) is 0.681. The highest BCUT2D eigenvalue weighted by Crippen LogP contribution is 2.29. The number of benzene rings is 2. The van der Waals surface area contributed by atoms with Crippen LogP contribution in [-0.4, -0.2) is 44.9 Å². The molecule has 1 aliphatic heterocycles. The van der Waals surface area contributed by atoms with Crippen LogP contribution in [0.15, 0.2) is 47.4 Å². The third kappa shape index (κ3) is 3.91. The Labute approximate surface area is 172 Å². The predicted octanol–water partition coefficient (Wildman–Crippen LogP) is 3.62. The molecular weight excluding hydrogens is 415 g/mol. The summed E-state index contributed by atoms with van der Waals surface area (Å²) in [6.45, 7) is 3.03. The number of thiophene rings is 1. The molecule has 0 radical (unpaired) electrons. The van der Waals surface area contributed by atoms with Gasteiger partial charge in [-0.15, -0.1) is 11.3 Å². The molecule has 1 amide bonds. The Kier molecular flexibility index (Phi) is 5.39. The van der Waals surface area contributed by atoms with Crippen molar-refractivity contribution < 1.29 is 22.3 Å². The molecule has 1 fully saturated rings. The van der Waals surface area contributed by atoms with Crippen molar-refractivity contribution in [1.29, 1.82) is 0 Å². The van der Waals surface area contributed by atoms with E-state index in [1.807, 2.05) is 0 Å². The second-order valence-corrected chi connectivity index (χ2v) is 9.70. The molecule has 29 heavy (non-hydrogen) atoms. The van der Waals surface area contributed by atoms with Crippen LogP contribution in [0, 0.1) is 12.7 Å². The number of carbonyl (C=O) groups excluding carboxylic acids is 1. The third-order valence-electron chi connectivity index (χ3n) is 4.77. The maximum absolute atomic E-state index is 13.9. The Hall–Kier alpha value is -2.33. The lowest BCUT2D eigenvalue weighted by atomic mass is 10.2. The van der Waals surface area contributed by atoms with Crippen LogP contribution in [0.1, 0.15) is 15.2 Å². The van der Waals surface area contributed by atoms with Gasteiger partial charge in [-0.25, -0.2) is 12.8 Å². The number of carbonyl (C=O) groups is 1. The highest BCUT2D eigenvalue weighted by molar-refractivity contribution is 7.89. The fourth-order valence-electron chi connectivity index (χ4n) is 3.21. The summed E-state index contributed by atoms with van der Waals surface area (Å²) in [5.74, 6) is -0.795. The van der Waals surface area contributed by atoms with Crippen LogP contribution in [0.2, 0.25) is 0 Å². The van der Waals surface area contributed by atoms with Crippen LogP contribution < -0.4 is 5.32 Å². The van der Waals surface area contributed by atoms with Gasteiger partial charge < -0.3 is 10.1 Å². The standard InChI is InChI=1S/C20H19FN2O4S2/c1-13-5-6-14(11-19(13)29(25,26)23-7-9-27-10-8-23)22-20(24)18-12-15-16(21)3-2-4-17(15)28-18/h2-6,11-12H,7-10H2,1H3,(H,22,24). The van der Waals surface area contributed by atoms with E-state index >= 15 is 0 Å². The SMILES string of the molecule is Cc1ccc(NC(=O)c2cc3c(F)cccc3s2)cc1S(=O)(=O)N1CCOCC1. The smallest absolute Gasteiger partial charge is 0.265 e. The molecule has 0 bridgehead atoms. The van der Waals surface area contributed by atoms with Gasteiger partial charge in [-0.3, -0.25) is 4.79 Å². The first-order valence-electron chi connectivity index (χ1n) is 9.04. The molecule has 1 saturated heterocycles. The molecule has 1 N–H and O–H groups in total. The minimum absolute atomic E-state index is 0.152. The van der Waals surface area contributed by atoms with Gasteiger partial charge in [0, 0.05) is 28.9 Å². The van der Waals surface area contributed by atoms with E-state index in [0.29, 0.717) is 52.5 Å². The van der Waals surface area contributed by atoms with Crippen LogP contribution in [0.3, 0.4) is 0 Å². The zero-order valence-electron chi connectivity index (χ0n) is 15.6. The van der Waals surface area contributed by atoms with Gasteiger partial charge in [-0.2, -0.15) is 4.31 Å². The van der Waals surface area contributed by atoms with Crippen LogP contribution in [0.4, 0.5) is 10.1 Å². The van der Waals surface area contributed by atoms with Crippen LogP contribution >= 0.6 is 11.3 Å². The number of amides is 1. The van der Waals surface area contributed by atoms with Gasteiger partial charge >= 0.3 is 0 Å². The molecule has 9 heteroatoms. The van der Waals surface area contributed by atoms with Crippen molar-refractivity contribution in [1.82, 2.24) is 4.31 Å². The van der Waals surface area contributed by atoms with Crippen molar-refractivity contribution in [3.8, 4) is 0 Å². The maximum Gasteiger partial charge on any atom is 0.265 e. The fourth-order valence-corrected chi connectivity index (χ4v) is 5.84. The average Bonchev–Trinajstić information content (AvgIpc) is 3.16. The molecule has 1 aromatic heterocycles. The minimum Gasteiger partial charge on any atom is -0.379 e. The molecular formula is C20H19FN2O4S2. The number of fused-ring (bicyclic) bond motifs is 1. The van der Waals surface area contributed by atoms with Gasteiger partial charge in [0.2, 0.25) is 10.0 Å². The number of morpholine rings is 1. The number of hydrogen-bond donors (Lipinski definition) is 1. The average molecular weight is 435 g/mol. The Morgan fingerprint density at radius 1 is 1.17 bits per heavy atom. The Balaban J connectivity index is 1.61. The number of hydrogen-bond acceptors (Lipinski definition) is 5. The summed E-state index contributed by atoms with van der Waals surface area (Å²) in [6.07, 6.45) is 0. The lowest BCUT2D eigenvalue weighted by molar-refractivity contribution is 0.0730.